The van der Waals surface area contributed by atoms with E-state index in [2.05, 4.69) is 13.8 Å². The van der Waals surface area contributed by atoms with Crippen LogP contribution in [0, 0.1) is 0 Å². The lowest BCUT2D eigenvalue weighted by molar-refractivity contribution is 0.0973. The van der Waals surface area contributed by atoms with E-state index in [1.807, 2.05) is 24.3 Å². The lowest BCUT2D eigenvalue weighted by Gasteiger charge is -2.06. The molecule has 0 aliphatic carbocycles. The highest BCUT2D eigenvalue weighted by atomic mass is 16.7. The van der Waals surface area contributed by atoms with E-state index >= 15 is 0 Å². The fourth-order valence-corrected chi connectivity index (χ4v) is 2.00. The number of benzene rings is 1. The van der Waals surface area contributed by atoms with Gasteiger partial charge in [0.05, 0.1) is 6.61 Å². The van der Waals surface area contributed by atoms with Crippen molar-refractivity contribution in [2.45, 2.75) is 58.8 Å². The van der Waals surface area contributed by atoms with Gasteiger partial charge in [0.25, 0.3) is 0 Å². The molecule has 0 aliphatic rings. The second kappa shape index (κ2) is 10.3. The quantitative estimate of drug-likeness (QED) is 0.357. The molecule has 0 saturated carbocycles. The third-order valence-electron chi connectivity index (χ3n) is 3.13. The highest BCUT2D eigenvalue weighted by Crippen LogP contribution is 2.14. The fraction of sp³-hybridized carbons (Fsp3) is 0.588. The lowest BCUT2D eigenvalue weighted by atomic mass is 10.1. The molecule has 0 bridgehead atoms. The number of carbonyl (C=O) groups excluding carboxylic acids is 1. The number of hydrogen-bond donors (Lipinski definition) is 0. The molecule has 1 aromatic carbocycles. The van der Waals surface area contributed by atoms with Crippen LogP contribution in [0.1, 0.15) is 57.9 Å². The molecule has 0 unspecified atom stereocenters. The Balaban J connectivity index is 2.18. The van der Waals surface area contributed by atoms with E-state index in [0.717, 1.165) is 25.7 Å². The van der Waals surface area contributed by atoms with Crippen LogP contribution in [-0.4, -0.2) is 12.8 Å². The summed E-state index contributed by atoms with van der Waals surface area (Å²) in [5.74, 6) is 0.542. The molecule has 0 spiro atoms. The van der Waals surface area contributed by atoms with Crippen LogP contribution in [-0.2, 0) is 11.2 Å². The second-order valence-corrected chi connectivity index (χ2v) is 5.01. The smallest absolute Gasteiger partial charge is 0.434 e. The summed E-state index contributed by atoms with van der Waals surface area (Å²) in [5, 5.41) is 0. The molecular weight excluding hydrogens is 252 g/mol. The SMILES string of the molecule is CCCCCCCOC(=O)Oc1ccc(CCC)cc1. The summed E-state index contributed by atoms with van der Waals surface area (Å²) in [7, 11) is 0. The molecule has 3 nitrogen and oxygen atoms in total. The van der Waals surface area contributed by atoms with Crippen molar-refractivity contribution in [3.63, 3.8) is 0 Å². The lowest BCUT2D eigenvalue weighted by Crippen LogP contribution is -2.11. The van der Waals surface area contributed by atoms with E-state index in [9.17, 15) is 4.79 Å². The Hall–Kier alpha value is -1.51. The van der Waals surface area contributed by atoms with Gasteiger partial charge in [0, 0.05) is 0 Å². The van der Waals surface area contributed by atoms with Gasteiger partial charge in [0.2, 0.25) is 0 Å². The topological polar surface area (TPSA) is 35.5 Å². The first-order valence-electron chi connectivity index (χ1n) is 7.69. The van der Waals surface area contributed by atoms with Crippen molar-refractivity contribution in [2.75, 3.05) is 6.61 Å². The van der Waals surface area contributed by atoms with Crippen LogP contribution in [0.3, 0.4) is 0 Å². The van der Waals surface area contributed by atoms with Gasteiger partial charge < -0.3 is 9.47 Å². The van der Waals surface area contributed by atoms with E-state index in [1.165, 1.54) is 24.8 Å². The minimum atomic E-state index is -0.608. The predicted octanol–water partition coefficient (Wildman–Crippen LogP) is 5.12. The van der Waals surface area contributed by atoms with Gasteiger partial charge in [-0.15, -0.1) is 0 Å². The molecule has 0 atom stereocenters. The molecule has 1 aromatic rings. The predicted molar refractivity (Wildman–Crippen MR) is 81.2 cm³/mol. The van der Waals surface area contributed by atoms with E-state index < -0.39 is 6.16 Å². The normalized spacial score (nSPS) is 10.3. The Morgan fingerprint density at radius 3 is 2.30 bits per heavy atom. The van der Waals surface area contributed by atoms with Crippen molar-refractivity contribution >= 4 is 6.16 Å². The highest BCUT2D eigenvalue weighted by molar-refractivity contribution is 5.63. The highest BCUT2D eigenvalue weighted by Gasteiger charge is 2.05. The maximum atomic E-state index is 11.5. The van der Waals surface area contributed by atoms with E-state index in [0.29, 0.717) is 12.4 Å². The number of aryl methyl sites for hydroxylation is 1. The Bertz CT molecular complexity index is 370. The Kier molecular flexibility index (Phi) is 8.52. The molecule has 3 heteroatoms. The molecule has 0 radical (unpaired) electrons. The van der Waals surface area contributed by atoms with Gasteiger partial charge in [0.15, 0.2) is 0 Å². The fourth-order valence-electron chi connectivity index (χ4n) is 2.00. The molecular formula is C17H26O3. The zero-order chi connectivity index (χ0) is 14.6. The first-order chi connectivity index (χ1) is 9.76. The van der Waals surface area contributed by atoms with Gasteiger partial charge in [0.1, 0.15) is 5.75 Å². The van der Waals surface area contributed by atoms with E-state index in [1.54, 1.807) is 0 Å². The number of unbranched alkanes of at least 4 members (excludes halogenated alkanes) is 4. The summed E-state index contributed by atoms with van der Waals surface area (Å²) in [6.45, 7) is 4.76. The first-order valence-corrected chi connectivity index (χ1v) is 7.69. The summed E-state index contributed by atoms with van der Waals surface area (Å²) in [5.41, 5.74) is 1.25. The maximum Gasteiger partial charge on any atom is 0.513 e. The Labute approximate surface area is 122 Å². The summed E-state index contributed by atoms with van der Waals surface area (Å²) >= 11 is 0. The van der Waals surface area contributed by atoms with Crippen molar-refractivity contribution in [1.29, 1.82) is 0 Å². The molecule has 0 aliphatic heterocycles. The minimum absolute atomic E-state index is 0.441. The standard InChI is InChI=1S/C17H26O3/c1-3-5-6-7-8-14-19-17(18)20-16-12-10-15(9-4-2)11-13-16/h10-13H,3-9,14H2,1-2H3. The summed E-state index contributed by atoms with van der Waals surface area (Å²) in [6, 6.07) is 7.59. The molecule has 0 fully saturated rings. The molecule has 0 heterocycles. The number of hydrogen-bond acceptors (Lipinski definition) is 3. The monoisotopic (exact) mass is 278 g/mol. The second-order valence-electron chi connectivity index (χ2n) is 5.01. The van der Waals surface area contributed by atoms with Crippen molar-refractivity contribution < 1.29 is 14.3 Å². The van der Waals surface area contributed by atoms with Gasteiger partial charge in [-0.25, -0.2) is 4.79 Å². The van der Waals surface area contributed by atoms with Crippen molar-refractivity contribution in [3.05, 3.63) is 29.8 Å². The Morgan fingerprint density at radius 1 is 0.950 bits per heavy atom. The molecule has 0 aromatic heterocycles. The average Bonchev–Trinajstić information content (AvgIpc) is 2.45. The van der Waals surface area contributed by atoms with Crippen LogP contribution < -0.4 is 4.74 Å². The minimum Gasteiger partial charge on any atom is -0.434 e. The molecule has 20 heavy (non-hydrogen) atoms. The van der Waals surface area contributed by atoms with Gasteiger partial charge in [-0.05, 0) is 30.5 Å². The van der Waals surface area contributed by atoms with Crippen LogP contribution >= 0.6 is 0 Å². The molecule has 0 amide bonds. The van der Waals surface area contributed by atoms with E-state index in [-0.39, 0.29) is 0 Å². The third-order valence-corrected chi connectivity index (χ3v) is 3.13. The molecule has 112 valence electrons. The maximum absolute atomic E-state index is 11.5. The zero-order valence-corrected chi connectivity index (χ0v) is 12.7. The largest absolute Gasteiger partial charge is 0.513 e. The number of rotatable bonds is 9. The molecule has 0 saturated heterocycles. The van der Waals surface area contributed by atoms with Crippen LogP contribution in [0.25, 0.3) is 0 Å². The van der Waals surface area contributed by atoms with E-state index in [4.69, 9.17) is 9.47 Å². The van der Waals surface area contributed by atoms with Gasteiger partial charge >= 0.3 is 6.16 Å². The third kappa shape index (κ3) is 7.17. The number of ether oxygens (including phenoxy) is 2. The Morgan fingerprint density at radius 2 is 1.65 bits per heavy atom. The van der Waals surface area contributed by atoms with Gasteiger partial charge in [-0.3, -0.25) is 0 Å². The average molecular weight is 278 g/mol. The van der Waals surface area contributed by atoms with Crippen molar-refractivity contribution in [2.24, 2.45) is 0 Å². The van der Waals surface area contributed by atoms with Gasteiger partial charge in [-0.1, -0.05) is 58.1 Å². The first kappa shape index (κ1) is 16.5. The van der Waals surface area contributed by atoms with Crippen molar-refractivity contribution in [1.82, 2.24) is 0 Å². The summed E-state index contributed by atoms with van der Waals surface area (Å²) < 4.78 is 10.2. The van der Waals surface area contributed by atoms with Crippen LogP contribution in [0.4, 0.5) is 4.79 Å². The zero-order valence-electron chi connectivity index (χ0n) is 12.7. The van der Waals surface area contributed by atoms with Gasteiger partial charge in [-0.2, -0.15) is 0 Å². The summed E-state index contributed by atoms with van der Waals surface area (Å²) in [4.78, 5) is 11.5. The van der Waals surface area contributed by atoms with Crippen LogP contribution in [0.15, 0.2) is 24.3 Å². The van der Waals surface area contributed by atoms with Crippen LogP contribution in [0.5, 0.6) is 5.75 Å². The van der Waals surface area contributed by atoms with Crippen molar-refractivity contribution in [3.8, 4) is 5.75 Å². The number of carbonyl (C=O) groups is 1. The molecule has 1 rings (SSSR count). The molecule has 0 N–H and O–H groups in total. The summed E-state index contributed by atoms with van der Waals surface area (Å²) in [6.07, 6.45) is 7.23. The van der Waals surface area contributed by atoms with Crippen LogP contribution in [0.2, 0.25) is 0 Å².